The number of para-hydroxylation sites is 1. The fourth-order valence-corrected chi connectivity index (χ4v) is 3.07. The van der Waals surface area contributed by atoms with Gasteiger partial charge in [-0.15, -0.1) is 0 Å². The zero-order chi connectivity index (χ0) is 18.0. The number of hydrogen-bond donors (Lipinski definition) is 1. The van der Waals surface area contributed by atoms with Gasteiger partial charge < -0.3 is 9.84 Å². The van der Waals surface area contributed by atoms with Crippen LogP contribution in [-0.4, -0.2) is 18.1 Å². The van der Waals surface area contributed by atoms with Crippen LogP contribution < -0.4 is 9.64 Å². The van der Waals surface area contributed by atoms with Crippen molar-refractivity contribution in [2.24, 2.45) is 0 Å². The topological polar surface area (TPSA) is 49.8 Å². The minimum atomic E-state index is -0.332. The lowest BCUT2D eigenvalue weighted by molar-refractivity contribution is -0.115. The molecule has 1 heterocycles. The molecule has 1 amide bonds. The number of allylic oxidation sites excluding steroid dienone is 1. The van der Waals surface area contributed by atoms with Gasteiger partial charge in [-0.3, -0.25) is 9.69 Å². The Balaban J connectivity index is 2.13. The van der Waals surface area contributed by atoms with E-state index < -0.39 is 0 Å². The molecule has 1 aliphatic heterocycles. The number of carbonyl (C=O) groups excluding carboxylic acids is 1. The highest BCUT2D eigenvalue weighted by Crippen LogP contribution is 2.38. The second-order valence-electron chi connectivity index (χ2n) is 5.70. The third-order valence-electron chi connectivity index (χ3n) is 4.13. The Labute approximate surface area is 151 Å². The zero-order valence-corrected chi connectivity index (χ0v) is 14.7. The first-order chi connectivity index (χ1) is 12.0. The Kier molecular flexibility index (Phi) is 4.81. The summed E-state index contributed by atoms with van der Waals surface area (Å²) in [7, 11) is 1.61. The van der Waals surface area contributed by atoms with Crippen LogP contribution in [0, 0.1) is 0 Å². The Morgan fingerprint density at radius 3 is 2.44 bits per heavy atom. The summed E-state index contributed by atoms with van der Waals surface area (Å²) >= 11 is 6.33. The summed E-state index contributed by atoms with van der Waals surface area (Å²) in [5, 5.41) is 10.3. The minimum absolute atomic E-state index is 0.0218. The monoisotopic (exact) mass is 355 g/mol. The molecule has 1 N–H and O–H groups in total. The van der Waals surface area contributed by atoms with E-state index in [2.05, 4.69) is 0 Å². The second-order valence-corrected chi connectivity index (χ2v) is 6.11. The first kappa shape index (κ1) is 17.1. The standard InChI is InChI=1S/C20H18ClNO3/c1-13(23)16-11-12-18(14-7-9-15(25-2)10-8-14)22(20(16)24)19-6-4-3-5-17(19)21/h3-12,18,23H,1-2H3/b16-13-. The highest BCUT2D eigenvalue weighted by Gasteiger charge is 2.32. The van der Waals surface area contributed by atoms with Crippen LogP contribution in [0.5, 0.6) is 5.75 Å². The molecule has 4 nitrogen and oxygen atoms in total. The summed E-state index contributed by atoms with van der Waals surface area (Å²) in [6, 6.07) is 14.4. The van der Waals surface area contributed by atoms with Crippen molar-refractivity contribution in [1.29, 1.82) is 0 Å². The van der Waals surface area contributed by atoms with Crippen molar-refractivity contribution in [3.8, 4) is 5.75 Å². The molecule has 1 atom stereocenters. The van der Waals surface area contributed by atoms with Crippen molar-refractivity contribution in [3.05, 3.63) is 82.6 Å². The van der Waals surface area contributed by atoms with Crippen LogP contribution >= 0.6 is 11.6 Å². The maximum Gasteiger partial charge on any atom is 0.262 e. The molecule has 3 rings (SSSR count). The molecule has 0 spiro atoms. The molecule has 0 saturated carbocycles. The quantitative estimate of drug-likeness (QED) is 0.634. The van der Waals surface area contributed by atoms with Gasteiger partial charge in [-0.2, -0.15) is 0 Å². The number of nitrogens with zero attached hydrogens (tertiary/aromatic N) is 1. The molecule has 1 unspecified atom stereocenters. The Hall–Kier alpha value is -2.72. The first-order valence-electron chi connectivity index (χ1n) is 7.83. The van der Waals surface area contributed by atoms with Gasteiger partial charge in [0.05, 0.1) is 29.4 Å². The van der Waals surface area contributed by atoms with Gasteiger partial charge in [0.1, 0.15) is 11.5 Å². The van der Waals surface area contributed by atoms with E-state index in [0.29, 0.717) is 10.7 Å². The van der Waals surface area contributed by atoms with Crippen LogP contribution in [0.3, 0.4) is 0 Å². The largest absolute Gasteiger partial charge is 0.512 e. The number of carbonyl (C=O) groups is 1. The molecule has 5 heteroatoms. The molecule has 2 aromatic carbocycles. The van der Waals surface area contributed by atoms with Crippen LogP contribution in [0.4, 0.5) is 5.69 Å². The van der Waals surface area contributed by atoms with E-state index in [1.165, 1.54) is 6.92 Å². The van der Waals surface area contributed by atoms with Crippen molar-refractivity contribution in [2.45, 2.75) is 13.0 Å². The van der Waals surface area contributed by atoms with Gasteiger partial charge >= 0.3 is 0 Å². The number of hydrogen-bond acceptors (Lipinski definition) is 3. The highest BCUT2D eigenvalue weighted by atomic mass is 35.5. The number of aliphatic hydroxyl groups is 1. The number of halogens is 1. The lowest BCUT2D eigenvalue weighted by Crippen LogP contribution is -2.38. The molecule has 0 bridgehead atoms. The predicted molar refractivity (Wildman–Crippen MR) is 99.1 cm³/mol. The summed E-state index contributed by atoms with van der Waals surface area (Å²) < 4.78 is 5.20. The third kappa shape index (κ3) is 3.26. The lowest BCUT2D eigenvalue weighted by Gasteiger charge is -2.34. The van der Waals surface area contributed by atoms with Crippen molar-refractivity contribution in [1.82, 2.24) is 0 Å². The molecule has 0 fully saturated rings. The molecule has 0 aromatic heterocycles. The predicted octanol–water partition coefficient (Wildman–Crippen LogP) is 4.82. The van der Waals surface area contributed by atoms with E-state index in [9.17, 15) is 9.90 Å². The second kappa shape index (κ2) is 7.03. The van der Waals surface area contributed by atoms with Gasteiger partial charge in [-0.25, -0.2) is 0 Å². The van der Waals surface area contributed by atoms with E-state index in [-0.39, 0.29) is 23.3 Å². The summed E-state index contributed by atoms with van der Waals surface area (Å²) in [4.78, 5) is 14.6. The number of benzene rings is 2. The fraction of sp³-hybridized carbons (Fsp3) is 0.150. The number of amides is 1. The average molecular weight is 356 g/mol. The summed E-state index contributed by atoms with van der Waals surface area (Å²) in [5.41, 5.74) is 1.77. The maximum atomic E-state index is 13.0. The SMILES string of the molecule is COc1ccc(C2C=C/C(=C(\C)O)C(=O)N2c2ccccc2Cl)cc1. The number of anilines is 1. The van der Waals surface area contributed by atoms with Crippen LogP contribution in [0.1, 0.15) is 18.5 Å². The minimum Gasteiger partial charge on any atom is -0.512 e. The molecule has 128 valence electrons. The number of methoxy groups -OCH3 is 1. The van der Waals surface area contributed by atoms with Crippen molar-refractivity contribution in [2.75, 3.05) is 12.0 Å². The molecular formula is C20H18ClNO3. The summed E-state index contributed by atoms with van der Waals surface area (Å²) in [5.74, 6) is 0.425. The van der Waals surface area contributed by atoms with Gasteiger partial charge in [0.15, 0.2) is 0 Å². The van der Waals surface area contributed by atoms with Gasteiger partial charge in [-0.1, -0.05) is 41.9 Å². The van der Waals surface area contributed by atoms with Gasteiger partial charge in [0.25, 0.3) is 5.91 Å². The highest BCUT2D eigenvalue weighted by molar-refractivity contribution is 6.34. The zero-order valence-electron chi connectivity index (χ0n) is 13.9. The fourth-order valence-electron chi connectivity index (χ4n) is 2.84. The van der Waals surface area contributed by atoms with Crippen molar-refractivity contribution < 1.29 is 14.6 Å². The normalized spacial score (nSPS) is 19.1. The van der Waals surface area contributed by atoms with Gasteiger partial charge in [0, 0.05) is 0 Å². The van der Waals surface area contributed by atoms with E-state index in [4.69, 9.17) is 16.3 Å². The Bertz CT molecular complexity index is 851. The summed E-state index contributed by atoms with van der Waals surface area (Å²) in [6.07, 6.45) is 3.53. The maximum absolute atomic E-state index is 13.0. The third-order valence-corrected chi connectivity index (χ3v) is 4.45. The molecule has 0 radical (unpaired) electrons. The molecule has 2 aromatic rings. The number of rotatable bonds is 3. The molecule has 0 saturated heterocycles. The van der Waals surface area contributed by atoms with Gasteiger partial charge in [0.2, 0.25) is 0 Å². The van der Waals surface area contributed by atoms with Gasteiger partial charge in [-0.05, 0) is 42.8 Å². The van der Waals surface area contributed by atoms with Crippen LogP contribution in [0.25, 0.3) is 0 Å². The molecule has 0 aliphatic carbocycles. The Morgan fingerprint density at radius 2 is 1.84 bits per heavy atom. The average Bonchev–Trinajstić information content (AvgIpc) is 2.62. The van der Waals surface area contributed by atoms with E-state index in [1.54, 1.807) is 30.2 Å². The first-order valence-corrected chi connectivity index (χ1v) is 8.21. The van der Waals surface area contributed by atoms with E-state index in [1.807, 2.05) is 42.5 Å². The molecule has 1 aliphatic rings. The van der Waals surface area contributed by atoms with Crippen molar-refractivity contribution >= 4 is 23.2 Å². The smallest absolute Gasteiger partial charge is 0.262 e. The lowest BCUT2D eigenvalue weighted by atomic mass is 9.97. The number of aliphatic hydroxyl groups excluding tert-OH is 1. The molecule has 25 heavy (non-hydrogen) atoms. The molecular weight excluding hydrogens is 338 g/mol. The van der Waals surface area contributed by atoms with Crippen molar-refractivity contribution in [3.63, 3.8) is 0 Å². The van der Waals surface area contributed by atoms with Crippen LogP contribution in [-0.2, 0) is 4.79 Å². The Morgan fingerprint density at radius 1 is 1.16 bits per heavy atom. The van der Waals surface area contributed by atoms with E-state index >= 15 is 0 Å². The van der Waals surface area contributed by atoms with Crippen LogP contribution in [0.15, 0.2) is 72.0 Å². The van der Waals surface area contributed by atoms with Crippen LogP contribution in [0.2, 0.25) is 5.02 Å². The number of ether oxygens (including phenoxy) is 1. The summed E-state index contributed by atoms with van der Waals surface area (Å²) in [6.45, 7) is 1.50. The van der Waals surface area contributed by atoms with E-state index in [0.717, 1.165) is 11.3 Å².